The minimum atomic E-state index is -1.26. The molecule has 146 valence electrons. The summed E-state index contributed by atoms with van der Waals surface area (Å²) < 4.78 is 13.3. The molecule has 4 amide bonds. The molecule has 27 heavy (non-hydrogen) atoms. The summed E-state index contributed by atoms with van der Waals surface area (Å²) in [6.45, 7) is 5.49. The van der Waals surface area contributed by atoms with Gasteiger partial charge in [-0.3, -0.25) is 14.5 Å². The van der Waals surface area contributed by atoms with Crippen LogP contribution in [0.25, 0.3) is 0 Å². The lowest BCUT2D eigenvalue weighted by Gasteiger charge is -2.39. The van der Waals surface area contributed by atoms with Gasteiger partial charge in [0, 0.05) is 12.1 Å². The lowest BCUT2D eigenvalue weighted by atomic mass is 9.87. The first-order valence-electron chi connectivity index (χ1n) is 9.51. The molecule has 0 saturated carbocycles. The third-order valence-electron chi connectivity index (χ3n) is 5.82. The number of nitrogens with one attached hydrogen (secondary N) is 1. The number of rotatable bonds is 4. The minimum Gasteiger partial charge on any atom is -0.336 e. The van der Waals surface area contributed by atoms with Crippen molar-refractivity contribution < 1.29 is 18.8 Å². The average Bonchev–Trinajstić information content (AvgIpc) is 2.87. The molecule has 1 aromatic rings. The molecular weight excluding hydrogens is 349 g/mol. The third-order valence-corrected chi connectivity index (χ3v) is 5.82. The smallest absolute Gasteiger partial charge is 0.325 e. The molecule has 2 fully saturated rings. The van der Waals surface area contributed by atoms with Crippen molar-refractivity contribution in [1.29, 1.82) is 0 Å². The molecule has 0 aliphatic carbocycles. The standard InChI is InChI=1S/C20H26FN3O3/c1-4-20(15-8-10-16(21)11-9-15)18(26)23(19(27)22-20)12-17(25)24-13(2)6-5-7-14(24)3/h8-11,13-14H,4-7,12H2,1-3H3,(H,22,27)/t13-,14+,20-/m0/s1. The number of imide groups is 1. The zero-order valence-electron chi connectivity index (χ0n) is 16.0. The number of carbonyl (C=O) groups excluding carboxylic acids is 3. The number of nitrogens with zero attached hydrogens (tertiary/aromatic N) is 2. The molecule has 1 aromatic carbocycles. The second kappa shape index (κ2) is 7.29. The van der Waals surface area contributed by atoms with Gasteiger partial charge in [-0.25, -0.2) is 9.18 Å². The Hall–Kier alpha value is -2.44. The van der Waals surface area contributed by atoms with Gasteiger partial charge < -0.3 is 10.2 Å². The first kappa shape index (κ1) is 19.3. The summed E-state index contributed by atoms with van der Waals surface area (Å²) in [7, 11) is 0. The van der Waals surface area contributed by atoms with Crippen LogP contribution < -0.4 is 5.32 Å². The van der Waals surface area contributed by atoms with Gasteiger partial charge in [-0.2, -0.15) is 0 Å². The molecule has 0 aromatic heterocycles. The van der Waals surface area contributed by atoms with Crippen molar-refractivity contribution in [3.8, 4) is 0 Å². The van der Waals surface area contributed by atoms with Crippen molar-refractivity contribution in [1.82, 2.24) is 15.1 Å². The molecule has 3 rings (SSSR count). The van der Waals surface area contributed by atoms with E-state index in [0.717, 1.165) is 24.2 Å². The predicted molar refractivity (Wildman–Crippen MR) is 98.2 cm³/mol. The molecular formula is C20H26FN3O3. The Kier molecular flexibility index (Phi) is 5.22. The molecule has 0 bridgehead atoms. The number of benzene rings is 1. The van der Waals surface area contributed by atoms with Crippen LogP contribution in [0.2, 0.25) is 0 Å². The highest BCUT2D eigenvalue weighted by molar-refractivity contribution is 6.09. The summed E-state index contributed by atoms with van der Waals surface area (Å²) in [5, 5.41) is 2.73. The molecule has 0 radical (unpaired) electrons. The van der Waals surface area contributed by atoms with Crippen LogP contribution in [-0.2, 0) is 15.1 Å². The first-order chi connectivity index (χ1) is 12.8. The molecule has 2 aliphatic rings. The fraction of sp³-hybridized carbons (Fsp3) is 0.550. The summed E-state index contributed by atoms with van der Waals surface area (Å²) >= 11 is 0. The van der Waals surface area contributed by atoms with Crippen LogP contribution in [0.15, 0.2) is 24.3 Å². The highest BCUT2D eigenvalue weighted by atomic mass is 19.1. The van der Waals surface area contributed by atoms with E-state index in [1.165, 1.54) is 24.3 Å². The van der Waals surface area contributed by atoms with Crippen molar-refractivity contribution in [3.05, 3.63) is 35.6 Å². The Labute approximate surface area is 158 Å². The van der Waals surface area contributed by atoms with Crippen LogP contribution in [0.1, 0.15) is 52.0 Å². The van der Waals surface area contributed by atoms with Crippen molar-refractivity contribution in [2.45, 2.75) is 64.1 Å². The number of hydrogen-bond acceptors (Lipinski definition) is 3. The molecule has 3 atom stereocenters. The Morgan fingerprint density at radius 3 is 2.33 bits per heavy atom. The fourth-order valence-corrected chi connectivity index (χ4v) is 4.27. The number of hydrogen-bond donors (Lipinski definition) is 1. The van der Waals surface area contributed by atoms with Crippen molar-refractivity contribution >= 4 is 17.8 Å². The summed E-state index contributed by atoms with van der Waals surface area (Å²) in [4.78, 5) is 41.3. The van der Waals surface area contributed by atoms with E-state index in [4.69, 9.17) is 0 Å². The van der Waals surface area contributed by atoms with E-state index in [0.29, 0.717) is 12.0 Å². The van der Waals surface area contributed by atoms with E-state index in [9.17, 15) is 18.8 Å². The summed E-state index contributed by atoms with van der Waals surface area (Å²) in [5.74, 6) is -1.10. The van der Waals surface area contributed by atoms with Crippen molar-refractivity contribution in [3.63, 3.8) is 0 Å². The second-order valence-electron chi connectivity index (χ2n) is 7.52. The number of carbonyl (C=O) groups is 3. The lowest BCUT2D eigenvalue weighted by molar-refractivity contribution is -0.143. The molecule has 2 saturated heterocycles. The van der Waals surface area contributed by atoms with Crippen molar-refractivity contribution in [2.24, 2.45) is 0 Å². The van der Waals surface area contributed by atoms with Gasteiger partial charge in [-0.15, -0.1) is 0 Å². The van der Waals surface area contributed by atoms with E-state index in [1.54, 1.807) is 11.8 Å². The second-order valence-corrected chi connectivity index (χ2v) is 7.52. The van der Waals surface area contributed by atoms with Gasteiger partial charge in [-0.05, 0) is 57.2 Å². The number of likely N-dealkylation sites (tertiary alicyclic amines) is 1. The molecule has 1 N–H and O–H groups in total. The largest absolute Gasteiger partial charge is 0.336 e. The van der Waals surface area contributed by atoms with E-state index in [-0.39, 0.29) is 24.5 Å². The van der Waals surface area contributed by atoms with Gasteiger partial charge in [0.05, 0.1) is 0 Å². The van der Waals surface area contributed by atoms with Crippen LogP contribution in [0.4, 0.5) is 9.18 Å². The van der Waals surface area contributed by atoms with Crippen LogP contribution in [0.5, 0.6) is 0 Å². The van der Waals surface area contributed by atoms with E-state index >= 15 is 0 Å². The summed E-state index contributed by atoms with van der Waals surface area (Å²) in [6, 6.07) is 5.12. The maximum absolute atomic E-state index is 13.3. The maximum atomic E-state index is 13.3. The monoisotopic (exact) mass is 375 g/mol. The molecule has 6 nitrogen and oxygen atoms in total. The zero-order chi connectivity index (χ0) is 19.8. The minimum absolute atomic E-state index is 0.0926. The molecule has 2 heterocycles. The first-order valence-corrected chi connectivity index (χ1v) is 9.51. The molecule has 7 heteroatoms. The molecule has 2 aliphatic heterocycles. The van der Waals surface area contributed by atoms with E-state index in [1.807, 2.05) is 13.8 Å². The lowest BCUT2D eigenvalue weighted by Crippen LogP contribution is -2.52. The summed E-state index contributed by atoms with van der Waals surface area (Å²) in [6.07, 6.45) is 3.22. The predicted octanol–water partition coefficient (Wildman–Crippen LogP) is 2.77. The van der Waals surface area contributed by atoms with Crippen LogP contribution in [-0.4, -0.2) is 46.3 Å². The Morgan fingerprint density at radius 1 is 1.19 bits per heavy atom. The molecule has 0 spiro atoms. The van der Waals surface area contributed by atoms with Crippen molar-refractivity contribution in [2.75, 3.05) is 6.54 Å². The van der Waals surface area contributed by atoms with E-state index < -0.39 is 23.3 Å². The topological polar surface area (TPSA) is 69.7 Å². The summed E-state index contributed by atoms with van der Waals surface area (Å²) in [5.41, 5.74) is -0.746. The number of urea groups is 1. The van der Waals surface area contributed by atoms with Gasteiger partial charge >= 0.3 is 6.03 Å². The SMILES string of the molecule is CC[C@@]1(c2ccc(F)cc2)NC(=O)N(CC(=O)N2[C@H](C)CCC[C@@H]2C)C1=O. The quantitative estimate of drug-likeness (QED) is 0.823. The number of amides is 4. The van der Waals surface area contributed by atoms with Crippen LogP contribution >= 0.6 is 0 Å². The fourth-order valence-electron chi connectivity index (χ4n) is 4.27. The van der Waals surface area contributed by atoms with Crippen LogP contribution in [0, 0.1) is 5.82 Å². The third kappa shape index (κ3) is 3.31. The van der Waals surface area contributed by atoms with Gasteiger partial charge in [0.25, 0.3) is 5.91 Å². The normalized spacial score (nSPS) is 28.4. The Morgan fingerprint density at radius 2 is 1.78 bits per heavy atom. The van der Waals surface area contributed by atoms with Gasteiger partial charge in [0.1, 0.15) is 17.9 Å². The van der Waals surface area contributed by atoms with Crippen LogP contribution in [0.3, 0.4) is 0 Å². The zero-order valence-corrected chi connectivity index (χ0v) is 16.0. The van der Waals surface area contributed by atoms with E-state index in [2.05, 4.69) is 5.32 Å². The highest BCUT2D eigenvalue weighted by Gasteiger charge is 2.52. The number of halogens is 1. The highest BCUT2D eigenvalue weighted by Crippen LogP contribution is 2.33. The Bertz CT molecular complexity index is 741. The Balaban J connectivity index is 1.83. The van der Waals surface area contributed by atoms with Gasteiger partial charge in [-0.1, -0.05) is 19.1 Å². The average molecular weight is 375 g/mol. The van der Waals surface area contributed by atoms with Gasteiger partial charge in [0.2, 0.25) is 5.91 Å². The molecule has 0 unspecified atom stereocenters. The van der Waals surface area contributed by atoms with Gasteiger partial charge in [0.15, 0.2) is 0 Å². The number of piperidine rings is 1. The maximum Gasteiger partial charge on any atom is 0.325 e.